The van der Waals surface area contributed by atoms with Gasteiger partial charge in [0.05, 0.1) is 33.0 Å². The average Bonchev–Trinajstić information content (AvgIpc) is 2.68. The zero-order valence-electron chi connectivity index (χ0n) is 14.2. The van der Waals surface area contributed by atoms with Crippen molar-refractivity contribution in [2.24, 2.45) is 0 Å². The molecule has 0 fully saturated rings. The number of carbonyl (C=O) groups is 1. The first-order valence-corrected chi connectivity index (χ1v) is 7.98. The van der Waals surface area contributed by atoms with E-state index >= 15 is 0 Å². The number of aliphatic hydroxyl groups excluding tert-OH is 1. The fourth-order valence-electron chi connectivity index (χ4n) is 2.66. The Bertz CT molecular complexity index is 771. The van der Waals surface area contributed by atoms with E-state index < -0.39 is 11.9 Å². The molecule has 132 valence electrons. The van der Waals surface area contributed by atoms with Crippen LogP contribution in [0.25, 0.3) is 0 Å². The predicted molar refractivity (Wildman–Crippen MR) is 90.9 cm³/mol. The van der Waals surface area contributed by atoms with E-state index in [1.807, 2.05) is 0 Å². The van der Waals surface area contributed by atoms with Crippen LogP contribution < -0.4 is 18.9 Å². The van der Waals surface area contributed by atoms with E-state index in [1.165, 1.54) is 14.2 Å². The zero-order chi connectivity index (χ0) is 17.8. The lowest BCUT2D eigenvalue weighted by Crippen LogP contribution is -2.14. The minimum absolute atomic E-state index is 0.266. The fourth-order valence-corrected chi connectivity index (χ4v) is 2.66. The standard InChI is InChI=1S/C19H20O6/c1-22-12-4-6-16-14(10-12)18(20)19(21)15-11-13(23-2)5-7-17(15)25-9-3-8-24-16/h4-7,10-11,18,20H,3,8-9H2,1-2H3/t18-/m1/s1. The van der Waals surface area contributed by atoms with Crippen LogP contribution in [0, 0.1) is 0 Å². The molecule has 1 aliphatic rings. The molecule has 1 aliphatic heterocycles. The smallest absolute Gasteiger partial charge is 0.199 e. The van der Waals surface area contributed by atoms with Crippen molar-refractivity contribution in [1.82, 2.24) is 0 Å². The molecule has 1 atom stereocenters. The molecular formula is C19H20O6. The van der Waals surface area contributed by atoms with Crippen LogP contribution in [0.3, 0.4) is 0 Å². The van der Waals surface area contributed by atoms with E-state index in [9.17, 15) is 9.90 Å². The molecule has 0 aromatic heterocycles. The molecule has 0 aliphatic carbocycles. The van der Waals surface area contributed by atoms with Gasteiger partial charge in [-0.2, -0.15) is 0 Å². The van der Waals surface area contributed by atoms with Crippen molar-refractivity contribution < 1.29 is 28.8 Å². The Balaban J connectivity index is 2.09. The van der Waals surface area contributed by atoms with Gasteiger partial charge in [-0.05, 0) is 36.4 Å². The lowest BCUT2D eigenvalue weighted by molar-refractivity contribution is 0.0738. The van der Waals surface area contributed by atoms with Gasteiger partial charge in [0.2, 0.25) is 0 Å². The number of aliphatic hydroxyl groups is 1. The van der Waals surface area contributed by atoms with Crippen LogP contribution in [0.2, 0.25) is 0 Å². The summed E-state index contributed by atoms with van der Waals surface area (Å²) in [6.45, 7) is 0.805. The molecule has 0 saturated carbocycles. The lowest BCUT2D eigenvalue weighted by Gasteiger charge is -2.17. The number of rotatable bonds is 2. The topological polar surface area (TPSA) is 74.2 Å². The number of methoxy groups -OCH3 is 2. The number of carbonyl (C=O) groups excluding carboxylic acids is 1. The van der Waals surface area contributed by atoms with E-state index in [1.54, 1.807) is 36.4 Å². The van der Waals surface area contributed by atoms with Gasteiger partial charge in [-0.3, -0.25) is 4.79 Å². The molecule has 0 saturated heterocycles. The van der Waals surface area contributed by atoms with Gasteiger partial charge >= 0.3 is 0 Å². The number of Topliss-reactive ketones (excluding diaryl/α,β-unsaturated/α-hetero) is 1. The number of ketones is 1. The number of fused-ring (bicyclic) bond motifs is 2. The summed E-state index contributed by atoms with van der Waals surface area (Å²) in [6, 6.07) is 9.98. The van der Waals surface area contributed by atoms with E-state index in [0.717, 1.165) is 0 Å². The highest BCUT2D eigenvalue weighted by molar-refractivity contribution is 6.02. The normalized spacial score (nSPS) is 17.2. The molecular weight excluding hydrogens is 324 g/mol. The quantitative estimate of drug-likeness (QED) is 0.903. The summed E-state index contributed by atoms with van der Waals surface area (Å²) in [5.74, 6) is 1.42. The molecule has 1 heterocycles. The van der Waals surface area contributed by atoms with Crippen LogP contribution in [0.1, 0.15) is 28.4 Å². The Kier molecular flexibility index (Phi) is 5.09. The molecule has 6 nitrogen and oxygen atoms in total. The first-order valence-electron chi connectivity index (χ1n) is 7.98. The van der Waals surface area contributed by atoms with E-state index in [0.29, 0.717) is 48.2 Å². The van der Waals surface area contributed by atoms with Gasteiger partial charge in [0.25, 0.3) is 0 Å². The average molecular weight is 344 g/mol. The van der Waals surface area contributed by atoms with Crippen LogP contribution in [0.15, 0.2) is 36.4 Å². The second-order valence-electron chi connectivity index (χ2n) is 5.58. The Morgan fingerprint density at radius 3 is 2.24 bits per heavy atom. The summed E-state index contributed by atoms with van der Waals surface area (Å²) in [6.07, 6.45) is -0.765. The third kappa shape index (κ3) is 3.53. The minimum Gasteiger partial charge on any atom is -0.497 e. The molecule has 2 aromatic carbocycles. The third-order valence-electron chi connectivity index (χ3n) is 4.02. The maximum atomic E-state index is 12.9. The Morgan fingerprint density at radius 1 is 0.960 bits per heavy atom. The molecule has 6 heteroatoms. The third-order valence-corrected chi connectivity index (χ3v) is 4.02. The van der Waals surface area contributed by atoms with Crippen LogP contribution >= 0.6 is 0 Å². The van der Waals surface area contributed by atoms with Gasteiger partial charge in [-0.15, -0.1) is 0 Å². The predicted octanol–water partition coefficient (Wildman–Crippen LogP) is 2.78. The number of ether oxygens (including phenoxy) is 4. The fraction of sp³-hybridized carbons (Fsp3) is 0.316. The van der Waals surface area contributed by atoms with Crippen LogP contribution in [-0.4, -0.2) is 38.3 Å². The van der Waals surface area contributed by atoms with Gasteiger partial charge in [0.1, 0.15) is 29.1 Å². The number of hydrogen-bond acceptors (Lipinski definition) is 6. The lowest BCUT2D eigenvalue weighted by atomic mass is 9.98. The summed E-state index contributed by atoms with van der Waals surface area (Å²) in [4.78, 5) is 12.9. The number of hydrogen-bond donors (Lipinski definition) is 1. The summed E-state index contributed by atoms with van der Waals surface area (Å²) in [7, 11) is 3.04. The molecule has 0 unspecified atom stereocenters. The van der Waals surface area contributed by atoms with Gasteiger partial charge in [-0.1, -0.05) is 0 Å². The molecule has 3 rings (SSSR count). The highest BCUT2D eigenvalue weighted by Gasteiger charge is 2.27. The Labute approximate surface area is 145 Å². The molecule has 0 amide bonds. The first-order chi connectivity index (χ1) is 12.1. The summed E-state index contributed by atoms with van der Waals surface area (Å²) >= 11 is 0. The zero-order valence-corrected chi connectivity index (χ0v) is 14.2. The first kappa shape index (κ1) is 17.1. The summed E-state index contributed by atoms with van der Waals surface area (Å²) in [5, 5.41) is 10.7. The number of benzene rings is 2. The van der Waals surface area contributed by atoms with Crippen molar-refractivity contribution in [3.8, 4) is 23.0 Å². The molecule has 2 aromatic rings. The van der Waals surface area contributed by atoms with Crippen molar-refractivity contribution >= 4 is 5.78 Å². The van der Waals surface area contributed by atoms with Crippen molar-refractivity contribution in [1.29, 1.82) is 0 Å². The van der Waals surface area contributed by atoms with Crippen molar-refractivity contribution in [2.75, 3.05) is 27.4 Å². The summed E-state index contributed by atoms with van der Waals surface area (Å²) in [5.41, 5.74) is 0.627. The highest BCUT2D eigenvalue weighted by Crippen LogP contribution is 2.35. The molecule has 25 heavy (non-hydrogen) atoms. The summed E-state index contributed by atoms with van der Waals surface area (Å²) < 4.78 is 21.8. The van der Waals surface area contributed by atoms with E-state index in [4.69, 9.17) is 18.9 Å². The Hall–Kier alpha value is -2.73. The van der Waals surface area contributed by atoms with Gasteiger partial charge < -0.3 is 24.1 Å². The van der Waals surface area contributed by atoms with Gasteiger partial charge in [-0.25, -0.2) is 0 Å². The van der Waals surface area contributed by atoms with Crippen molar-refractivity contribution in [3.05, 3.63) is 47.5 Å². The van der Waals surface area contributed by atoms with Crippen molar-refractivity contribution in [3.63, 3.8) is 0 Å². The largest absolute Gasteiger partial charge is 0.497 e. The van der Waals surface area contributed by atoms with Crippen LogP contribution in [0.5, 0.6) is 23.0 Å². The maximum Gasteiger partial charge on any atom is 0.199 e. The molecule has 1 N–H and O–H groups in total. The van der Waals surface area contributed by atoms with Crippen LogP contribution in [-0.2, 0) is 0 Å². The molecule has 0 bridgehead atoms. The maximum absolute atomic E-state index is 12.9. The second kappa shape index (κ2) is 7.44. The molecule has 0 spiro atoms. The monoisotopic (exact) mass is 344 g/mol. The van der Waals surface area contributed by atoms with Crippen LogP contribution in [0.4, 0.5) is 0 Å². The van der Waals surface area contributed by atoms with Gasteiger partial charge in [0, 0.05) is 12.0 Å². The van der Waals surface area contributed by atoms with E-state index in [2.05, 4.69) is 0 Å². The Morgan fingerprint density at radius 2 is 1.56 bits per heavy atom. The van der Waals surface area contributed by atoms with Crippen molar-refractivity contribution in [2.45, 2.75) is 12.5 Å². The SMILES string of the molecule is COc1ccc2c(c1)C(=O)[C@H](O)c1cc(OC)ccc1OCCCO2. The minimum atomic E-state index is -1.40. The highest BCUT2D eigenvalue weighted by atomic mass is 16.5. The van der Waals surface area contributed by atoms with E-state index in [-0.39, 0.29) is 5.56 Å². The van der Waals surface area contributed by atoms with Gasteiger partial charge in [0.15, 0.2) is 5.78 Å². The molecule has 0 radical (unpaired) electrons. The second-order valence-corrected chi connectivity index (χ2v) is 5.58.